The molecule has 1 aromatic heterocycles. The summed E-state index contributed by atoms with van der Waals surface area (Å²) in [7, 11) is 3.81. The third-order valence-corrected chi connectivity index (χ3v) is 3.53. The van der Waals surface area contributed by atoms with Crippen LogP contribution in [0.4, 0.5) is 0 Å². The Morgan fingerprint density at radius 2 is 2.11 bits per heavy atom. The summed E-state index contributed by atoms with van der Waals surface area (Å²) < 4.78 is 1.85. The van der Waals surface area contributed by atoms with E-state index in [-0.39, 0.29) is 5.91 Å². The molecule has 100 valence electrons. The van der Waals surface area contributed by atoms with Gasteiger partial charge in [-0.25, -0.2) is 0 Å². The maximum Gasteiger partial charge on any atom is 0.262 e. The molecule has 0 spiro atoms. The second kappa shape index (κ2) is 6.45. The lowest BCUT2D eigenvalue weighted by atomic mass is 10.2. The van der Waals surface area contributed by atoms with Gasteiger partial charge in [0.1, 0.15) is 0 Å². The maximum atomic E-state index is 11.8. The number of thiazole rings is 1. The summed E-state index contributed by atoms with van der Waals surface area (Å²) in [5.41, 5.74) is 1.19. The lowest BCUT2D eigenvalue weighted by Gasteiger charge is -2.14. The Bertz CT molecular complexity index is 600. The number of carbonyl (C=O) groups is 1. The Hall–Kier alpha value is -1.72. The zero-order chi connectivity index (χ0) is 13.7. The first-order chi connectivity index (χ1) is 9.15. The fourth-order valence-electron chi connectivity index (χ4n) is 1.76. The first-order valence-electron chi connectivity index (χ1n) is 6.05. The Morgan fingerprint density at radius 1 is 1.37 bits per heavy atom. The number of amides is 1. The highest BCUT2D eigenvalue weighted by Gasteiger charge is 2.06. The third kappa shape index (κ3) is 4.15. The molecule has 0 atom stereocenters. The minimum absolute atomic E-state index is 0.114. The van der Waals surface area contributed by atoms with Crippen LogP contribution in [-0.4, -0.2) is 29.0 Å². The molecule has 0 saturated carbocycles. The number of hydrogen-bond donors (Lipinski definition) is 0. The van der Waals surface area contributed by atoms with Gasteiger partial charge in [-0.2, -0.15) is 4.99 Å². The molecule has 4 nitrogen and oxygen atoms in total. The first kappa shape index (κ1) is 13.7. The average molecular weight is 275 g/mol. The summed E-state index contributed by atoms with van der Waals surface area (Å²) in [6.45, 7) is 1.07. The number of carbonyl (C=O) groups excluding carboxylic acids is 1. The van der Waals surface area contributed by atoms with Crippen LogP contribution >= 0.6 is 11.3 Å². The van der Waals surface area contributed by atoms with E-state index in [0.717, 1.165) is 11.3 Å². The van der Waals surface area contributed by atoms with Crippen LogP contribution in [-0.2, 0) is 18.4 Å². The van der Waals surface area contributed by atoms with Gasteiger partial charge in [0.2, 0.25) is 0 Å². The zero-order valence-electron chi connectivity index (χ0n) is 11.1. The number of aromatic nitrogens is 1. The molecule has 2 aromatic rings. The van der Waals surface area contributed by atoms with E-state index in [9.17, 15) is 4.79 Å². The highest BCUT2D eigenvalue weighted by Crippen LogP contribution is 2.02. The molecule has 5 heteroatoms. The summed E-state index contributed by atoms with van der Waals surface area (Å²) in [5.74, 6) is -0.114. The van der Waals surface area contributed by atoms with E-state index in [1.807, 2.05) is 53.3 Å². The Labute approximate surface area is 116 Å². The van der Waals surface area contributed by atoms with Gasteiger partial charge in [-0.15, -0.1) is 11.3 Å². The van der Waals surface area contributed by atoms with Gasteiger partial charge in [-0.3, -0.25) is 9.69 Å². The van der Waals surface area contributed by atoms with Gasteiger partial charge >= 0.3 is 0 Å². The van der Waals surface area contributed by atoms with Crippen LogP contribution in [0.5, 0.6) is 0 Å². The van der Waals surface area contributed by atoms with Crippen molar-refractivity contribution in [3.8, 4) is 0 Å². The minimum atomic E-state index is -0.114. The molecule has 1 aromatic carbocycles. The number of rotatable bonds is 4. The molecular formula is C14H17N3OS. The monoisotopic (exact) mass is 275 g/mol. The zero-order valence-corrected chi connectivity index (χ0v) is 11.9. The van der Waals surface area contributed by atoms with Crippen molar-refractivity contribution in [2.75, 3.05) is 13.6 Å². The van der Waals surface area contributed by atoms with Crippen molar-refractivity contribution < 1.29 is 4.79 Å². The van der Waals surface area contributed by atoms with Gasteiger partial charge in [-0.05, 0) is 12.6 Å². The van der Waals surface area contributed by atoms with Gasteiger partial charge < -0.3 is 4.57 Å². The molecular weight excluding hydrogens is 258 g/mol. The van der Waals surface area contributed by atoms with Crippen LogP contribution in [0.1, 0.15) is 5.56 Å². The summed E-state index contributed by atoms with van der Waals surface area (Å²) in [5, 5.41) is 1.92. The lowest BCUT2D eigenvalue weighted by Crippen LogP contribution is -2.26. The Balaban J connectivity index is 1.95. The van der Waals surface area contributed by atoms with Crippen molar-refractivity contribution in [3.63, 3.8) is 0 Å². The van der Waals surface area contributed by atoms with Gasteiger partial charge in [0.15, 0.2) is 4.80 Å². The summed E-state index contributed by atoms with van der Waals surface area (Å²) in [6.07, 6.45) is 1.89. The fraction of sp³-hybridized carbons (Fsp3) is 0.286. The average Bonchev–Trinajstić information content (AvgIpc) is 2.76. The molecule has 0 radical (unpaired) electrons. The fourth-order valence-corrected chi connectivity index (χ4v) is 2.51. The normalized spacial score (nSPS) is 12.1. The molecule has 0 aliphatic carbocycles. The van der Waals surface area contributed by atoms with Gasteiger partial charge in [0.05, 0.1) is 6.54 Å². The van der Waals surface area contributed by atoms with Crippen LogP contribution in [0, 0.1) is 0 Å². The summed E-state index contributed by atoms with van der Waals surface area (Å²) >= 11 is 1.47. The highest BCUT2D eigenvalue weighted by atomic mass is 32.1. The smallest absolute Gasteiger partial charge is 0.262 e. The lowest BCUT2D eigenvalue weighted by molar-refractivity contribution is -0.119. The van der Waals surface area contributed by atoms with E-state index in [4.69, 9.17) is 0 Å². The van der Waals surface area contributed by atoms with Crippen LogP contribution in [0.2, 0.25) is 0 Å². The number of aryl methyl sites for hydroxylation is 1. The van der Waals surface area contributed by atoms with Crippen LogP contribution < -0.4 is 4.80 Å². The molecule has 0 N–H and O–H groups in total. The molecule has 0 bridgehead atoms. The quantitative estimate of drug-likeness (QED) is 0.851. The van der Waals surface area contributed by atoms with E-state index >= 15 is 0 Å². The van der Waals surface area contributed by atoms with Crippen molar-refractivity contribution in [1.82, 2.24) is 9.47 Å². The molecule has 1 heterocycles. The third-order valence-electron chi connectivity index (χ3n) is 2.68. The summed E-state index contributed by atoms with van der Waals surface area (Å²) in [4.78, 5) is 18.7. The van der Waals surface area contributed by atoms with Crippen molar-refractivity contribution in [2.45, 2.75) is 6.54 Å². The second-order valence-corrected chi connectivity index (χ2v) is 5.33. The number of benzene rings is 1. The van der Waals surface area contributed by atoms with Crippen molar-refractivity contribution in [3.05, 3.63) is 52.3 Å². The van der Waals surface area contributed by atoms with E-state index in [1.165, 1.54) is 16.9 Å². The van der Waals surface area contributed by atoms with E-state index in [2.05, 4.69) is 17.1 Å². The second-order valence-electron chi connectivity index (χ2n) is 4.46. The number of likely N-dealkylation sites (N-methyl/N-ethyl adjacent to an activating group) is 1. The first-order valence-corrected chi connectivity index (χ1v) is 6.93. The molecule has 2 rings (SSSR count). The van der Waals surface area contributed by atoms with Crippen LogP contribution in [0.3, 0.4) is 0 Å². The van der Waals surface area contributed by atoms with Crippen molar-refractivity contribution in [1.29, 1.82) is 0 Å². The predicted molar refractivity (Wildman–Crippen MR) is 76.6 cm³/mol. The van der Waals surface area contributed by atoms with E-state index in [0.29, 0.717) is 6.54 Å². The maximum absolute atomic E-state index is 11.8. The Morgan fingerprint density at radius 3 is 2.74 bits per heavy atom. The number of nitrogens with zero attached hydrogens (tertiary/aromatic N) is 3. The minimum Gasteiger partial charge on any atom is -0.327 e. The molecule has 0 aliphatic rings. The van der Waals surface area contributed by atoms with Crippen molar-refractivity contribution >= 4 is 17.2 Å². The molecule has 0 fully saturated rings. The SMILES string of the molecule is CN(CC(=O)N=c1sccn1C)Cc1ccccc1. The van der Waals surface area contributed by atoms with E-state index < -0.39 is 0 Å². The Kier molecular flexibility index (Phi) is 4.65. The molecule has 0 unspecified atom stereocenters. The van der Waals surface area contributed by atoms with Crippen LogP contribution in [0.15, 0.2) is 46.9 Å². The van der Waals surface area contributed by atoms with Crippen molar-refractivity contribution in [2.24, 2.45) is 12.0 Å². The van der Waals surface area contributed by atoms with Crippen LogP contribution in [0.25, 0.3) is 0 Å². The molecule has 0 aliphatic heterocycles. The van der Waals surface area contributed by atoms with Gasteiger partial charge in [0.25, 0.3) is 5.91 Å². The summed E-state index contributed by atoms with van der Waals surface area (Å²) in [6, 6.07) is 10.1. The molecule has 0 saturated heterocycles. The van der Waals surface area contributed by atoms with Gasteiger partial charge in [0, 0.05) is 25.2 Å². The largest absolute Gasteiger partial charge is 0.327 e. The van der Waals surface area contributed by atoms with Gasteiger partial charge in [-0.1, -0.05) is 30.3 Å². The highest BCUT2D eigenvalue weighted by molar-refractivity contribution is 7.07. The predicted octanol–water partition coefficient (Wildman–Crippen LogP) is 1.65. The topological polar surface area (TPSA) is 37.6 Å². The molecule has 19 heavy (non-hydrogen) atoms. The van der Waals surface area contributed by atoms with E-state index in [1.54, 1.807) is 0 Å². The molecule has 1 amide bonds. The number of hydrogen-bond acceptors (Lipinski definition) is 3. The standard InChI is InChI=1S/C14H17N3OS/c1-16(10-12-6-4-3-5-7-12)11-13(18)15-14-17(2)8-9-19-14/h3-9H,10-11H2,1-2H3.